The van der Waals surface area contributed by atoms with Gasteiger partial charge in [-0.05, 0) is 42.8 Å². The van der Waals surface area contributed by atoms with Gasteiger partial charge in [-0.2, -0.15) is 0 Å². The Hall–Kier alpha value is -2.88. The summed E-state index contributed by atoms with van der Waals surface area (Å²) in [4.78, 5) is 22.5. The van der Waals surface area contributed by atoms with Crippen molar-refractivity contribution in [2.24, 2.45) is 0 Å². The Balaban J connectivity index is 1.40. The fourth-order valence-corrected chi connectivity index (χ4v) is 4.90. The second kappa shape index (κ2) is 9.32. The third-order valence-corrected chi connectivity index (χ3v) is 6.68. The van der Waals surface area contributed by atoms with Crippen molar-refractivity contribution in [3.05, 3.63) is 42.0 Å². The highest BCUT2D eigenvalue weighted by Crippen LogP contribution is 2.35. The van der Waals surface area contributed by atoms with Crippen LogP contribution in [0.4, 0.5) is 5.13 Å². The van der Waals surface area contributed by atoms with E-state index >= 15 is 0 Å². The Morgan fingerprint density at radius 1 is 1.16 bits per heavy atom. The van der Waals surface area contributed by atoms with E-state index in [0.717, 1.165) is 55.2 Å². The summed E-state index contributed by atoms with van der Waals surface area (Å²) in [7, 11) is 1.64. The minimum absolute atomic E-state index is 0.101. The number of rotatable bonds is 7. The number of anilines is 1. The molecule has 0 saturated carbocycles. The molecule has 3 heterocycles. The summed E-state index contributed by atoms with van der Waals surface area (Å²) >= 11 is 1.49. The highest BCUT2D eigenvalue weighted by molar-refractivity contribution is 7.22. The number of fused-ring (bicyclic) bond motifs is 2. The Kier molecular flexibility index (Phi) is 6.11. The first-order valence-corrected chi connectivity index (χ1v) is 11.5. The van der Waals surface area contributed by atoms with Crippen LogP contribution < -0.4 is 19.1 Å². The molecular formula is C23H25N3O5S. The number of hydrogen-bond acceptors (Lipinski definition) is 8. The van der Waals surface area contributed by atoms with Gasteiger partial charge < -0.3 is 18.9 Å². The summed E-state index contributed by atoms with van der Waals surface area (Å²) in [5.41, 5.74) is 1.40. The van der Waals surface area contributed by atoms with Crippen molar-refractivity contribution < 1.29 is 23.7 Å². The lowest BCUT2D eigenvalue weighted by Gasteiger charge is -2.27. The molecule has 0 N–H and O–H groups in total. The van der Waals surface area contributed by atoms with Crippen LogP contribution in [0.3, 0.4) is 0 Å². The number of methoxy groups -OCH3 is 1. The normalized spacial score (nSPS) is 15.8. The zero-order valence-corrected chi connectivity index (χ0v) is 18.7. The monoisotopic (exact) mass is 455 g/mol. The number of amides is 1. The lowest BCUT2D eigenvalue weighted by atomic mass is 10.1. The molecule has 3 aromatic rings. The van der Waals surface area contributed by atoms with Crippen LogP contribution in [0.5, 0.6) is 17.2 Å². The first-order chi connectivity index (χ1) is 15.7. The van der Waals surface area contributed by atoms with E-state index in [0.29, 0.717) is 28.7 Å². The predicted octanol–water partition coefficient (Wildman–Crippen LogP) is 3.40. The predicted molar refractivity (Wildman–Crippen MR) is 122 cm³/mol. The first-order valence-electron chi connectivity index (χ1n) is 10.7. The van der Waals surface area contributed by atoms with Crippen LogP contribution in [0.15, 0.2) is 36.4 Å². The number of ether oxygens (including phenoxy) is 4. The number of carbonyl (C=O) groups excluding carboxylic acids is 1. The molecule has 32 heavy (non-hydrogen) atoms. The van der Waals surface area contributed by atoms with Gasteiger partial charge in [0, 0.05) is 31.7 Å². The highest BCUT2D eigenvalue weighted by atomic mass is 32.1. The van der Waals surface area contributed by atoms with Crippen LogP contribution in [-0.4, -0.2) is 69.1 Å². The van der Waals surface area contributed by atoms with Crippen molar-refractivity contribution >= 4 is 32.6 Å². The minimum atomic E-state index is -0.101. The maximum Gasteiger partial charge on any atom is 0.260 e. The maximum atomic E-state index is 13.6. The fourth-order valence-electron chi connectivity index (χ4n) is 3.88. The van der Waals surface area contributed by atoms with E-state index in [9.17, 15) is 4.79 Å². The molecular weight excluding hydrogens is 430 g/mol. The number of morpholine rings is 1. The summed E-state index contributed by atoms with van der Waals surface area (Å²) in [5, 5.41) is 0.679. The third-order valence-electron chi connectivity index (χ3n) is 5.64. The van der Waals surface area contributed by atoms with Gasteiger partial charge in [0.2, 0.25) is 6.79 Å². The maximum absolute atomic E-state index is 13.6. The Bertz CT molecular complexity index is 1110. The van der Waals surface area contributed by atoms with Crippen molar-refractivity contribution in [2.45, 2.75) is 6.42 Å². The number of benzene rings is 2. The second-order valence-corrected chi connectivity index (χ2v) is 8.67. The molecule has 0 radical (unpaired) electrons. The number of hydrogen-bond donors (Lipinski definition) is 0. The summed E-state index contributed by atoms with van der Waals surface area (Å²) < 4.78 is 22.6. The van der Waals surface area contributed by atoms with Gasteiger partial charge in [-0.3, -0.25) is 14.6 Å². The topological polar surface area (TPSA) is 73.4 Å². The summed E-state index contributed by atoms with van der Waals surface area (Å²) in [5.74, 6) is 1.93. The van der Waals surface area contributed by atoms with Gasteiger partial charge in [0.15, 0.2) is 16.6 Å². The lowest BCUT2D eigenvalue weighted by molar-refractivity contribution is 0.0376. The largest absolute Gasteiger partial charge is 0.497 e. The van der Waals surface area contributed by atoms with Gasteiger partial charge >= 0.3 is 0 Å². The lowest BCUT2D eigenvalue weighted by Crippen LogP contribution is -2.39. The van der Waals surface area contributed by atoms with E-state index in [2.05, 4.69) is 4.90 Å². The van der Waals surface area contributed by atoms with Gasteiger partial charge in [0.05, 0.1) is 30.5 Å². The van der Waals surface area contributed by atoms with Crippen LogP contribution in [-0.2, 0) is 4.74 Å². The average molecular weight is 456 g/mol. The number of nitrogens with zero attached hydrogens (tertiary/aromatic N) is 3. The van der Waals surface area contributed by atoms with Gasteiger partial charge in [0.25, 0.3) is 5.91 Å². The number of thiazole rings is 1. The molecule has 8 nitrogen and oxygen atoms in total. The molecule has 5 rings (SSSR count). The van der Waals surface area contributed by atoms with Crippen LogP contribution in [0, 0.1) is 0 Å². The average Bonchev–Trinajstić information content (AvgIpc) is 3.47. The Labute approximate surface area is 190 Å². The van der Waals surface area contributed by atoms with Crippen molar-refractivity contribution in [3.63, 3.8) is 0 Å². The molecule has 0 unspecified atom stereocenters. The molecule has 2 aromatic carbocycles. The minimum Gasteiger partial charge on any atom is -0.497 e. The molecule has 1 aromatic heterocycles. The molecule has 0 spiro atoms. The van der Waals surface area contributed by atoms with Gasteiger partial charge in [0.1, 0.15) is 5.75 Å². The molecule has 1 saturated heterocycles. The molecule has 0 atom stereocenters. The summed E-state index contributed by atoms with van der Waals surface area (Å²) in [6, 6.07) is 11.1. The molecule has 2 aliphatic heterocycles. The van der Waals surface area contributed by atoms with Gasteiger partial charge in [-0.25, -0.2) is 4.98 Å². The van der Waals surface area contributed by atoms with Crippen LogP contribution in [0.25, 0.3) is 10.2 Å². The molecule has 0 aliphatic carbocycles. The van der Waals surface area contributed by atoms with E-state index in [1.165, 1.54) is 11.3 Å². The number of carbonyl (C=O) groups is 1. The SMILES string of the molecule is COc1ccc2nc(N(CCCN3CCOCC3)C(=O)c3ccc4c(c3)OCO4)sc2c1. The number of aromatic nitrogens is 1. The zero-order valence-electron chi connectivity index (χ0n) is 17.9. The van der Waals surface area contributed by atoms with E-state index in [4.69, 9.17) is 23.9 Å². The smallest absolute Gasteiger partial charge is 0.260 e. The van der Waals surface area contributed by atoms with Crippen molar-refractivity contribution in [3.8, 4) is 17.2 Å². The van der Waals surface area contributed by atoms with Crippen molar-refractivity contribution in [1.29, 1.82) is 0 Å². The Morgan fingerprint density at radius 2 is 2.00 bits per heavy atom. The third kappa shape index (κ3) is 4.36. The molecule has 168 valence electrons. The van der Waals surface area contributed by atoms with E-state index in [-0.39, 0.29) is 12.7 Å². The summed E-state index contributed by atoms with van der Waals surface area (Å²) in [6.07, 6.45) is 0.843. The van der Waals surface area contributed by atoms with E-state index in [1.54, 1.807) is 30.2 Å². The zero-order chi connectivity index (χ0) is 21.9. The van der Waals surface area contributed by atoms with Crippen LogP contribution in [0.2, 0.25) is 0 Å². The Morgan fingerprint density at radius 3 is 2.84 bits per heavy atom. The molecule has 2 aliphatic rings. The quantitative estimate of drug-likeness (QED) is 0.541. The first kappa shape index (κ1) is 21.0. The van der Waals surface area contributed by atoms with Crippen molar-refractivity contribution in [1.82, 2.24) is 9.88 Å². The van der Waals surface area contributed by atoms with Crippen LogP contribution in [0.1, 0.15) is 16.8 Å². The molecule has 0 bridgehead atoms. The highest BCUT2D eigenvalue weighted by Gasteiger charge is 2.24. The standard InChI is InChI=1S/C23H25N3O5S/c1-28-17-4-5-18-21(14-17)32-23(24-18)26(8-2-7-25-9-11-29-12-10-25)22(27)16-3-6-19-20(13-16)31-15-30-19/h3-6,13-14H,2,7-12,15H2,1H3. The van der Waals surface area contributed by atoms with Crippen LogP contribution >= 0.6 is 11.3 Å². The van der Waals surface area contributed by atoms with Gasteiger partial charge in [-0.1, -0.05) is 11.3 Å². The van der Waals surface area contributed by atoms with E-state index < -0.39 is 0 Å². The van der Waals surface area contributed by atoms with E-state index in [1.807, 2.05) is 18.2 Å². The molecule has 9 heteroatoms. The van der Waals surface area contributed by atoms with Gasteiger partial charge in [-0.15, -0.1) is 0 Å². The fraction of sp³-hybridized carbons (Fsp3) is 0.391. The second-order valence-electron chi connectivity index (χ2n) is 7.66. The van der Waals surface area contributed by atoms with Crippen molar-refractivity contribution in [2.75, 3.05) is 58.2 Å². The molecule has 1 fully saturated rings. The molecule has 1 amide bonds. The summed E-state index contributed by atoms with van der Waals surface area (Å²) in [6.45, 7) is 5.04.